The molecule has 11 heteroatoms. The van der Waals surface area contributed by atoms with Crippen molar-refractivity contribution in [3.63, 3.8) is 0 Å². The number of pyridine rings is 1. The van der Waals surface area contributed by atoms with E-state index in [0.29, 0.717) is 28.9 Å². The summed E-state index contributed by atoms with van der Waals surface area (Å²) in [5, 5.41) is 0. The number of hydrogen-bond donors (Lipinski definition) is 1. The van der Waals surface area contributed by atoms with Gasteiger partial charge in [-0.05, 0) is 60.0 Å². The Bertz CT molecular complexity index is 1870. The number of carbonyl (C=O) groups excluding carboxylic acids is 1. The first-order valence-electron chi connectivity index (χ1n) is 12.6. The second-order valence-electron chi connectivity index (χ2n) is 9.65. The van der Waals surface area contributed by atoms with Crippen LogP contribution in [0.2, 0.25) is 0 Å². The third-order valence-corrected chi connectivity index (χ3v) is 7.83. The lowest BCUT2D eigenvalue weighted by Crippen LogP contribution is -2.14. The lowest BCUT2D eigenvalue weighted by Gasteiger charge is -2.14. The van der Waals surface area contributed by atoms with E-state index in [1.807, 2.05) is 28.8 Å². The molecule has 0 aliphatic rings. The molecule has 210 valence electrons. The topological polar surface area (TPSA) is 117 Å². The van der Waals surface area contributed by atoms with Crippen LogP contribution in [-0.2, 0) is 22.8 Å². The zero-order valence-electron chi connectivity index (χ0n) is 22.2. The molecule has 0 fully saturated rings. The lowest BCUT2D eigenvalue weighted by atomic mass is 10.0. The summed E-state index contributed by atoms with van der Waals surface area (Å²) >= 11 is 0. The number of sulfone groups is 1. The van der Waals surface area contributed by atoms with Crippen molar-refractivity contribution in [1.82, 2.24) is 14.5 Å². The number of rotatable bonds is 9. The van der Waals surface area contributed by atoms with Gasteiger partial charge >= 0.3 is 6.61 Å². The fourth-order valence-corrected chi connectivity index (χ4v) is 5.34. The Morgan fingerprint density at radius 2 is 1.76 bits per heavy atom. The average Bonchev–Trinajstić information content (AvgIpc) is 3.25. The molecule has 2 N–H and O–H groups in total. The number of fused-ring (bicyclic) bond motifs is 1. The molecule has 0 unspecified atom stereocenters. The SMILES string of the molecule is Cc1cc(-c2ccc3nc(Cc4ccc(S(C)(=O)=O)cc4)n(Cc4ccccc4OC(F)F)c3c2)cnc1C(N)=O. The van der Waals surface area contributed by atoms with Gasteiger partial charge in [0.25, 0.3) is 5.91 Å². The molecular formula is C30H26F2N4O4S. The first-order chi connectivity index (χ1) is 19.5. The van der Waals surface area contributed by atoms with Gasteiger partial charge in [-0.25, -0.2) is 13.4 Å². The molecule has 0 aliphatic carbocycles. The molecular weight excluding hydrogens is 550 g/mol. The molecule has 1 amide bonds. The molecule has 41 heavy (non-hydrogen) atoms. The maximum absolute atomic E-state index is 13.1. The van der Waals surface area contributed by atoms with Crippen LogP contribution in [0.25, 0.3) is 22.2 Å². The van der Waals surface area contributed by atoms with Crippen molar-refractivity contribution in [2.24, 2.45) is 5.73 Å². The molecule has 2 aromatic heterocycles. The predicted octanol–water partition coefficient (Wildman–Crippen LogP) is 5.15. The number of para-hydroxylation sites is 1. The van der Waals surface area contributed by atoms with Gasteiger partial charge < -0.3 is 15.0 Å². The van der Waals surface area contributed by atoms with E-state index in [0.717, 1.165) is 28.5 Å². The normalized spacial score (nSPS) is 11.7. The van der Waals surface area contributed by atoms with Gasteiger partial charge in [0.15, 0.2) is 9.84 Å². The molecule has 0 saturated heterocycles. The highest BCUT2D eigenvalue weighted by atomic mass is 32.2. The van der Waals surface area contributed by atoms with Gasteiger partial charge in [0, 0.05) is 30.0 Å². The number of imidazole rings is 1. The van der Waals surface area contributed by atoms with Crippen LogP contribution in [0.5, 0.6) is 5.75 Å². The number of amides is 1. The van der Waals surface area contributed by atoms with Crippen LogP contribution in [0, 0.1) is 6.92 Å². The Balaban J connectivity index is 1.61. The van der Waals surface area contributed by atoms with Gasteiger partial charge in [-0.3, -0.25) is 9.78 Å². The lowest BCUT2D eigenvalue weighted by molar-refractivity contribution is -0.0504. The summed E-state index contributed by atoms with van der Waals surface area (Å²) in [5.74, 6) is 0.0989. The molecule has 8 nitrogen and oxygen atoms in total. The summed E-state index contributed by atoms with van der Waals surface area (Å²) in [6.45, 7) is -1.03. The molecule has 0 atom stereocenters. The van der Waals surface area contributed by atoms with Crippen molar-refractivity contribution in [3.05, 3.63) is 107 Å². The number of alkyl halides is 2. The molecule has 0 bridgehead atoms. The van der Waals surface area contributed by atoms with Crippen LogP contribution in [0.15, 0.2) is 83.9 Å². The van der Waals surface area contributed by atoms with Crippen molar-refractivity contribution >= 4 is 26.8 Å². The summed E-state index contributed by atoms with van der Waals surface area (Å²) in [6, 6.07) is 20.6. The zero-order valence-corrected chi connectivity index (χ0v) is 23.0. The highest BCUT2D eigenvalue weighted by molar-refractivity contribution is 7.90. The first-order valence-corrected chi connectivity index (χ1v) is 14.5. The van der Waals surface area contributed by atoms with Crippen LogP contribution in [-0.4, -0.2) is 41.7 Å². The van der Waals surface area contributed by atoms with Crippen LogP contribution < -0.4 is 10.5 Å². The van der Waals surface area contributed by atoms with Crippen molar-refractivity contribution in [2.45, 2.75) is 31.4 Å². The summed E-state index contributed by atoms with van der Waals surface area (Å²) in [4.78, 5) is 20.9. The number of nitrogens with zero attached hydrogens (tertiary/aromatic N) is 3. The smallest absolute Gasteiger partial charge is 0.387 e. The predicted molar refractivity (Wildman–Crippen MR) is 151 cm³/mol. The Hall–Kier alpha value is -4.64. The second-order valence-corrected chi connectivity index (χ2v) is 11.7. The minimum Gasteiger partial charge on any atom is -0.434 e. The summed E-state index contributed by atoms with van der Waals surface area (Å²) in [7, 11) is -3.35. The zero-order chi connectivity index (χ0) is 29.3. The number of carbonyl (C=O) groups is 1. The van der Waals surface area contributed by atoms with E-state index in [1.54, 1.807) is 55.6 Å². The van der Waals surface area contributed by atoms with Crippen LogP contribution >= 0.6 is 0 Å². The third-order valence-electron chi connectivity index (χ3n) is 6.70. The highest BCUT2D eigenvalue weighted by Gasteiger charge is 2.17. The molecule has 5 rings (SSSR count). The van der Waals surface area contributed by atoms with Crippen molar-refractivity contribution < 1.29 is 26.7 Å². The van der Waals surface area contributed by atoms with Crippen molar-refractivity contribution in [1.29, 1.82) is 0 Å². The molecule has 0 spiro atoms. The van der Waals surface area contributed by atoms with E-state index in [4.69, 9.17) is 15.5 Å². The summed E-state index contributed by atoms with van der Waals surface area (Å²) < 4.78 is 56.8. The van der Waals surface area contributed by atoms with Gasteiger partial charge in [-0.15, -0.1) is 0 Å². The number of halogens is 2. The minimum atomic E-state index is -3.35. The fourth-order valence-electron chi connectivity index (χ4n) is 4.71. The molecule has 0 aliphatic heterocycles. The average molecular weight is 577 g/mol. The van der Waals surface area contributed by atoms with Gasteiger partial charge in [0.05, 0.1) is 22.5 Å². The minimum absolute atomic E-state index is 0.0609. The first kappa shape index (κ1) is 27.9. The van der Waals surface area contributed by atoms with E-state index >= 15 is 0 Å². The Labute approximate surface area is 235 Å². The van der Waals surface area contributed by atoms with Gasteiger partial charge in [0.2, 0.25) is 0 Å². The quantitative estimate of drug-likeness (QED) is 0.259. The summed E-state index contributed by atoms with van der Waals surface area (Å²) in [5.41, 5.74) is 10.6. The van der Waals surface area contributed by atoms with E-state index in [1.165, 1.54) is 6.07 Å². The number of nitrogens with two attached hydrogens (primary N) is 1. The van der Waals surface area contributed by atoms with Gasteiger partial charge in [-0.1, -0.05) is 36.4 Å². The number of benzene rings is 3. The van der Waals surface area contributed by atoms with Crippen molar-refractivity contribution in [3.8, 4) is 16.9 Å². The van der Waals surface area contributed by atoms with E-state index in [9.17, 15) is 22.0 Å². The Morgan fingerprint density at radius 3 is 2.41 bits per heavy atom. The Kier molecular flexibility index (Phi) is 7.55. The van der Waals surface area contributed by atoms with Crippen LogP contribution in [0.3, 0.4) is 0 Å². The van der Waals surface area contributed by atoms with E-state index in [-0.39, 0.29) is 22.9 Å². The van der Waals surface area contributed by atoms with Crippen LogP contribution in [0.1, 0.15) is 33.0 Å². The summed E-state index contributed by atoms with van der Waals surface area (Å²) in [6.07, 6.45) is 3.08. The third kappa shape index (κ3) is 6.09. The molecule has 0 radical (unpaired) electrons. The number of aryl methyl sites for hydroxylation is 1. The Morgan fingerprint density at radius 1 is 1.02 bits per heavy atom. The molecule has 0 saturated carbocycles. The highest BCUT2D eigenvalue weighted by Crippen LogP contribution is 2.29. The second kappa shape index (κ2) is 11.1. The largest absolute Gasteiger partial charge is 0.434 e. The maximum Gasteiger partial charge on any atom is 0.387 e. The molecule has 2 heterocycles. The number of aromatic nitrogens is 3. The maximum atomic E-state index is 13.1. The van der Waals surface area contributed by atoms with E-state index < -0.39 is 22.4 Å². The number of primary amides is 1. The standard InChI is InChI=1S/C30H26F2N4O4S/c1-18-13-22(16-34-28(18)29(33)37)20-9-12-24-25(15-20)36(17-21-5-3-4-6-26(21)40-30(31)32)27(35-24)14-19-7-10-23(11-8-19)41(2,38)39/h3-13,15-16,30H,14,17H2,1-2H3,(H2,33,37). The molecule has 5 aromatic rings. The monoisotopic (exact) mass is 576 g/mol. The van der Waals surface area contributed by atoms with Gasteiger partial charge in [0.1, 0.15) is 17.3 Å². The molecule has 3 aromatic carbocycles. The fraction of sp³-hybridized carbons (Fsp3) is 0.167. The number of hydrogen-bond acceptors (Lipinski definition) is 6. The number of ether oxygens (including phenoxy) is 1. The van der Waals surface area contributed by atoms with E-state index in [2.05, 4.69) is 4.98 Å². The van der Waals surface area contributed by atoms with Crippen molar-refractivity contribution in [2.75, 3.05) is 6.26 Å². The van der Waals surface area contributed by atoms with Crippen LogP contribution in [0.4, 0.5) is 8.78 Å². The van der Waals surface area contributed by atoms with Gasteiger partial charge in [-0.2, -0.15) is 8.78 Å².